The number of nitrogens with one attached hydrogen (secondary N) is 1. The smallest absolute Gasteiger partial charge is 0.407 e. The number of halogens is 1. The number of likely N-dealkylation sites (tertiary alicyclic amines) is 1. The molecule has 0 aliphatic carbocycles. The summed E-state index contributed by atoms with van der Waals surface area (Å²) in [5.74, 6) is 0. The van der Waals surface area contributed by atoms with Crippen LogP contribution >= 0.6 is 22.9 Å². The van der Waals surface area contributed by atoms with Gasteiger partial charge >= 0.3 is 6.09 Å². The molecule has 4 N–H and O–H groups in total. The van der Waals surface area contributed by atoms with Crippen LogP contribution in [-0.4, -0.2) is 43.1 Å². The molecule has 0 spiro atoms. The Morgan fingerprint density at radius 3 is 2.58 bits per heavy atom. The van der Waals surface area contributed by atoms with E-state index in [-0.39, 0.29) is 14.2 Å². The van der Waals surface area contributed by atoms with Gasteiger partial charge in [-0.2, -0.15) is 0 Å². The summed E-state index contributed by atoms with van der Waals surface area (Å²) in [6.45, 7) is 6.09. The highest BCUT2D eigenvalue weighted by molar-refractivity contribution is 7.91. The minimum atomic E-state index is -3.87. The third kappa shape index (κ3) is 3.96. The number of thiophene rings is 1. The maximum absolute atomic E-state index is 12.7. The molecule has 0 bridgehead atoms. The van der Waals surface area contributed by atoms with Crippen LogP contribution < -0.4 is 10.5 Å². The lowest BCUT2D eigenvalue weighted by Gasteiger charge is -2.46. The zero-order valence-electron chi connectivity index (χ0n) is 13.7. The number of piperidine rings is 1. The molecule has 1 aliphatic heterocycles. The fraction of sp³-hybridized carbons (Fsp3) is 0.643. The highest BCUT2D eigenvalue weighted by Gasteiger charge is 2.43. The van der Waals surface area contributed by atoms with Crippen LogP contribution in [0.25, 0.3) is 0 Å². The number of nitrogens with zero attached hydrogens (tertiary/aromatic N) is 1. The summed E-state index contributed by atoms with van der Waals surface area (Å²) in [7, 11) is -3.87. The lowest BCUT2D eigenvalue weighted by molar-refractivity contribution is 0.0434. The second kappa shape index (κ2) is 6.70. The summed E-state index contributed by atoms with van der Waals surface area (Å²) in [5, 5.41) is 9.47. The Bertz CT molecular complexity index is 727. The first-order chi connectivity index (χ1) is 10.9. The summed E-state index contributed by atoms with van der Waals surface area (Å²) >= 11 is 6.73. The third-order valence-electron chi connectivity index (χ3n) is 4.01. The van der Waals surface area contributed by atoms with Crippen molar-refractivity contribution < 1.29 is 18.3 Å². The molecule has 0 aromatic carbocycles. The van der Waals surface area contributed by atoms with Gasteiger partial charge in [0.25, 0.3) is 10.0 Å². The molecule has 0 radical (unpaired) electrons. The molecule has 24 heavy (non-hydrogen) atoms. The molecule has 1 fully saturated rings. The van der Waals surface area contributed by atoms with Crippen LogP contribution in [0.2, 0.25) is 4.34 Å². The molecule has 136 valence electrons. The number of nitrogens with two attached hydrogens (primary N) is 1. The van der Waals surface area contributed by atoms with Crippen molar-refractivity contribution in [3.8, 4) is 0 Å². The minimum absolute atomic E-state index is 0.0346. The SMILES string of the molecule is CC(C)(C)C1C(NS(=O)(=O)c2sc(Cl)cc2N)CCCN1C(=O)O. The Labute approximate surface area is 150 Å². The summed E-state index contributed by atoms with van der Waals surface area (Å²) in [6.07, 6.45) is 0.106. The molecule has 7 nitrogen and oxygen atoms in total. The van der Waals surface area contributed by atoms with E-state index in [1.165, 1.54) is 11.0 Å². The fourth-order valence-corrected chi connectivity index (χ4v) is 6.23. The van der Waals surface area contributed by atoms with E-state index in [4.69, 9.17) is 17.3 Å². The first-order valence-corrected chi connectivity index (χ1v) is 10.2. The van der Waals surface area contributed by atoms with Crippen molar-refractivity contribution in [1.29, 1.82) is 0 Å². The summed E-state index contributed by atoms with van der Waals surface area (Å²) in [6, 6.07) is 0.391. The standard InChI is InChI=1S/C14H22ClN3O4S2/c1-14(2,3)11-9(5-4-6-18(11)13(19)20)17-24(21,22)12-8(16)7-10(15)23-12/h7,9,11,17H,4-6,16H2,1-3H3,(H,19,20). The van der Waals surface area contributed by atoms with Crippen molar-refractivity contribution in [2.24, 2.45) is 5.41 Å². The van der Waals surface area contributed by atoms with Gasteiger partial charge in [-0.3, -0.25) is 0 Å². The predicted octanol–water partition coefficient (Wildman–Crippen LogP) is 2.82. The normalized spacial score (nSPS) is 22.6. The van der Waals surface area contributed by atoms with Gasteiger partial charge in [0.1, 0.15) is 0 Å². The largest absolute Gasteiger partial charge is 0.465 e. The number of anilines is 1. The number of rotatable bonds is 3. The van der Waals surface area contributed by atoms with Gasteiger partial charge in [0.05, 0.1) is 16.1 Å². The van der Waals surface area contributed by atoms with Crippen molar-refractivity contribution in [3.05, 3.63) is 10.4 Å². The maximum Gasteiger partial charge on any atom is 0.407 e. The third-order valence-corrected chi connectivity index (χ3v) is 7.33. The average Bonchev–Trinajstić information content (AvgIpc) is 2.76. The van der Waals surface area contributed by atoms with E-state index >= 15 is 0 Å². The highest BCUT2D eigenvalue weighted by Crippen LogP contribution is 2.36. The Kier molecular flexibility index (Phi) is 5.39. The van der Waals surface area contributed by atoms with Crippen molar-refractivity contribution in [2.75, 3.05) is 12.3 Å². The summed E-state index contributed by atoms with van der Waals surface area (Å²) < 4.78 is 28.3. The molecular formula is C14H22ClN3O4S2. The first-order valence-electron chi connectivity index (χ1n) is 7.50. The quantitative estimate of drug-likeness (QED) is 0.728. The minimum Gasteiger partial charge on any atom is -0.465 e. The summed E-state index contributed by atoms with van der Waals surface area (Å²) in [5.41, 5.74) is 5.40. The van der Waals surface area contributed by atoms with E-state index < -0.39 is 33.6 Å². The molecule has 10 heteroatoms. The van der Waals surface area contributed by atoms with E-state index in [1.807, 2.05) is 20.8 Å². The topological polar surface area (TPSA) is 113 Å². The first kappa shape index (κ1) is 19.3. The van der Waals surface area contributed by atoms with Crippen LogP contribution in [0.5, 0.6) is 0 Å². The number of carboxylic acid groups (broad SMARTS) is 1. The number of hydrogen-bond donors (Lipinski definition) is 3. The van der Waals surface area contributed by atoms with Gasteiger partial charge < -0.3 is 15.7 Å². The van der Waals surface area contributed by atoms with Crippen LogP contribution in [0.3, 0.4) is 0 Å². The highest BCUT2D eigenvalue weighted by atomic mass is 35.5. The Morgan fingerprint density at radius 1 is 1.50 bits per heavy atom. The lowest BCUT2D eigenvalue weighted by Crippen LogP contribution is -2.61. The fourth-order valence-electron chi connectivity index (χ4n) is 3.23. The molecule has 1 aromatic heterocycles. The molecule has 1 amide bonds. The van der Waals surface area contributed by atoms with Crippen LogP contribution in [0, 0.1) is 5.41 Å². The van der Waals surface area contributed by atoms with Crippen molar-refractivity contribution >= 4 is 44.7 Å². The van der Waals surface area contributed by atoms with Gasteiger partial charge in [-0.1, -0.05) is 32.4 Å². The molecule has 1 saturated heterocycles. The molecule has 1 aromatic rings. The molecule has 0 saturated carbocycles. The van der Waals surface area contributed by atoms with Gasteiger partial charge in [-0.05, 0) is 24.3 Å². The Hall–Kier alpha value is -1.03. The van der Waals surface area contributed by atoms with Gasteiger partial charge in [0.15, 0.2) is 4.21 Å². The van der Waals surface area contributed by atoms with Crippen LogP contribution in [0.1, 0.15) is 33.6 Å². The zero-order chi connectivity index (χ0) is 18.3. The van der Waals surface area contributed by atoms with E-state index in [0.29, 0.717) is 19.4 Å². The Morgan fingerprint density at radius 2 is 2.12 bits per heavy atom. The number of sulfonamides is 1. The molecular weight excluding hydrogens is 374 g/mol. The van der Waals surface area contributed by atoms with Crippen LogP contribution in [0.15, 0.2) is 10.3 Å². The van der Waals surface area contributed by atoms with Crippen LogP contribution in [-0.2, 0) is 10.0 Å². The van der Waals surface area contributed by atoms with E-state index in [0.717, 1.165) is 11.3 Å². The number of nitrogen functional groups attached to an aromatic ring is 1. The lowest BCUT2D eigenvalue weighted by atomic mass is 9.78. The molecule has 2 heterocycles. The van der Waals surface area contributed by atoms with Gasteiger partial charge in [-0.25, -0.2) is 17.9 Å². The second-order valence-electron chi connectivity index (χ2n) is 6.95. The Balaban J connectivity index is 2.35. The van der Waals surface area contributed by atoms with E-state index in [1.54, 1.807) is 0 Å². The van der Waals surface area contributed by atoms with Crippen molar-refractivity contribution in [2.45, 2.75) is 49.9 Å². The number of carbonyl (C=O) groups is 1. The second-order valence-corrected chi connectivity index (χ2v) is 10.5. The monoisotopic (exact) mass is 395 g/mol. The van der Waals surface area contributed by atoms with Gasteiger partial charge in [0, 0.05) is 12.6 Å². The average molecular weight is 396 g/mol. The maximum atomic E-state index is 12.7. The van der Waals surface area contributed by atoms with Crippen molar-refractivity contribution in [1.82, 2.24) is 9.62 Å². The van der Waals surface area contributed by atoms with E-state index in [9.17, 15) is 18.3 Å². The van der Waals surface area contributed by atoms with E-state index in [2.05, 4.69) is 4.72 Å². The molecule has 2 atom stereocenters. The molecule has 2 rings (SSSR count). The van der Waals surface area contributed by atoms with Gasteiger partial charge in [-0.15, -0.1) is 11.3 Å². The zero-order valence-corrected chi connectivity index (χ0v) is 16.1. The molecule has 2 unspecified atom stereocenters. The van der Waals surface area contributed by atoms with Gasteiger partial charge in [0.2, 0.25) is 0 Å². The summed E-state index contributed by atoms with van der Waals surface area (Å²) in [4.78, 5) is 12.9. The molecule has 1 aliphatic rings. The van der Waals surface area contributed by atoms with Crippen molar-refractivity contribution in [3.63, 3.8) is 0 Å². The predicted molar refractivity (Wildman–Crippen MR) is 95.1 cm³/mol. The number of amides is 1. The van der Waals surface area contributed by atoms with Crippen LogP contribution in [0.4, 0.5) is 10.5 Å². The number of hydrogen-bond acceptors (Lipinski definition) is 5.